The maximum atomic E-state index is 12.2. The monoisotopic (exact) mass is 437 g/mol. The van der Waals surface area contributed by atoms with E-state index in [9.17, 15) is 18.4 Å². The smallest absolute Gasteiger partial charge is 0.387 e. The van der Waals surface area contributed by atoms with Gasteiger partial charge in [0, 0.05) is 23.1 Å². The van der Waals surface area contributed by atoms with E-state index in [0.717, 1.165) is 0 Å². The zero-order valence-electron chi connectivity index (χ0n) is 16.4. The summed E-state index contributed by atoms with van der Waals surface area (Å²) in [5.41, 5.74) is 9.22. The number of hydrogen-bond donors (Lipinski definition) is 4. The Morgan fingerprint density at radius 1 is 0.969 bits per heavy atom. The van der Waals surface area contributed by atoms with E-state index in [1.165, 1.54) is 24.3 Å². The number of alkyl halides is 2. The van der Waals surface area contributed by atoms with Crippen LogP contribution in [-0.4, -0.2) is 28.5 Å². The fourth-order valence-electron chi connectivity index (χ4n) is 3.22. The molecule has 4 aromatic rings. The molecule has 2 aromatic carbocycles. The SMILES string of the molecule is NC(=O)c1[nH]c2cccnc2c1-c1ccc(NC(=O)Nc2ccc(OC(F)F)cc2)cc1. The number of nitrogens with two attached hydrogens (primary N) is 1. The van der Waals surface area contributed by atoms with Crippen LogP contribution in [0.25, 0.3) is 22.2 Å². The number of aromatic nitrogens is 2. The van der Waals surface area contributed by atoms with Crippen LogP contribution >= 0.6 is 0 Å². The van der Waals surface area contributed by atoms with Crippen LogP contribution in [0.5, 0.6) is 5.75 Å². The Labute approximate surface area is 180 Å². The molecule has 0 spiro atoms. The van der Waals surface area contributed by atoms with Gasteiger partial charge in [-0.15, -0.1) is 0 Å². The highest BCUT2D eigenvalue weighted by Crippen LogP contribution is 2.31. The Kier molecular flexibility index (Phi) is 5.67. The number of urea groups is 1. The molecule has 2 aromatic heterocycles. The van der Waals surface area contributed by atoms with E-state index in [-0.39, 0.29) is 11.4 Å². The first kappa shape index (κ1) is 20.8. The molecule has 0 aliphatic carbocycles. The van der Waals surface area contributed by atoms with Crippen molar-refractivity contribution >= 4 is 34.3 Å². The molecule has 162 valence electrons. The lowest BCUT2D eigenvalue weighted by Crippen LogP contribution is -2.19. The van der Waals surface area contributed by atoms with Gasteiger partial charge in [0.25, 0.3) is 5.91 Å². The summed E-state index contributed by atoms with van der Waals surface area (Å²) >= 11 is 0. The molecular weight excluding hydrogens is 420 g/mol. The molecule has 2 heterocycles. The fourth-order valence-corrected chi connectivity index (χ4v) is 3.22. The Balaban J connectivity index is 1.48. The summed E-state index contributed by atoms with van der Waals surface area (Å²) in [5, 5.41) is 5.26. The lowest BCUT2D eigenvalue weighted by atomic mass is 10.0. The normalized spacial score (nSPS) is 10.8. The number of anilines is 2. The summed E-state index contributed by atoms with van der Waals surface area (Å²) in [6, 6.07) is 15.3. The second-order valence-electron chi connectivity index (χ2n) is 6.70. The molecule has 0 aliphatic rings. The summed E-state index contributed by atoms with van der Waals surface area (Å²) in [6.07, 6.45) is 1.62. The molecule has 0 bridgehead atoms. The molecule has 0 aliphatic heterocycles. The summed E-state index contributed by atoms with van der Waals surface area (Å²) in [6.45, 7) is -2.92. The minimum Gasteiger partial charge on any atom is -0.435 e. The molecule has 0 saturated heterocycles. The average Bonchev–Trinajstić information content (AvgIpc) is 3.15. The van der Waals surface area contributed by atoms with E-state index < -0.39 is 18.5 Å². The molecule has 3 amide bonds. The number of hydrogen-bond acceptors (Lipinski definition) is 4. The summed E-state index contributed by atoms with van der Waals surface area (Å²) in [7, 11) is 0. The van der Waals surface area contributed by atoms with Gasteiger partial charge in [-0.3, -0.25) is 9.78 Å². The van der Waals surface area contributed by atoms with Crippen molar-refractivity contribution in [3.63, 3.8) is 0 Å². The maximum Gasteiger partial charge on any atom is 0.387 e. The van der Waals surface area contributed by atoms with Crippen LogP contribution in [-0.2, 0) is 0 Å². The van der Waals surface area contributed by atoms with E-state index in [1.807, 2.05) is 0 Å². The van der Waals surface area contributed by atoms with Gasteiger partial charge in [0.15, 0.2) is 0 Å². The first-order valence-corrected chi connectivity index (χ1v) is 9.40. The van der Waals surface area contributed by atoms with Gasteiger partial charge in [-0.2, -0.15) is 8.78 Å². The highest BCUT2D eigenvalue weighted by atomic mass is 19.3. The predicted octanol–water partition coefficient (Wildman–Crippen LogP) is 4.57. The highest BCUT2D eigenvalue weighted by Gasteiger charge is 2.18. The third kappa shape index (κ3) is 4.48. The quantitative estimate of drug-likeness (QED) is 0.353. The number of halogens is 2. The number of aromatic amines is 1. The van der Waals surface area contributed by atoms with E-state index in [4.69, 9.17) is 5.73 Å². The Hall–Kier alpha value is -4.47. The number of carbonyl (C=O) groups is 2. The molecule has 0 radical (unpaired) electrons. The standard InChI is InChI=1S/C22H17F2N5O3/c23-21(24)32-15-9-7-14(8-10-15)28-22(31)27-13-5-3-12(4-6-13)17-18-16(2-1-11-26-18)29-19(17)20(25)30/h1-11,21,29H,(H2,25,30)(H2,27,28,31). The first-order chi connectivity index (χ1) is 15.4. The second kappa shape index (κ2) is 8.72. The largest absolute Gasteiger partial charge is 0.435 e. The fraction of sp³-hybridized carbons (Fsp3) is 0.0455. The lowest BCUT2D eigenvalue weighted by molar-refractivity contribution is -0.0498. The van der Waals surface area contributed by atoms with Gasteiger partial charge >= 0.3 is 12.6 Å². The highest BCUT2D eigenvalue weighted by molar-refractivity contribution is 6.08. The van der Waals surface area contributed by atoms with Crippen molar-refractivity contribution in [2.24, 2.45) is 5.73 Å². The zero-order chi connectivity index (χ0) is 22.7. The van der Waals surface area contributed by atoms with Crippen molar-refractivity contribution < 1.29 is 23.1 Å². The Morgan fingerprint density at radius 2 is 1.59 bits per heavy atom. The number of nitrogens with one attached hydrogen (secondary N) is 3. The number of fused-ring (bicyclic) bond motifs is 1. The van der Waals surface area contributed by atoms with Gasteiger partial charge in [0.1, 0.15) is 11.4 Å². The van der Waals surface area contributed by atoms with Crippen LogP contribution in [0.2, 0.25) is 0 Å². The van der Waals surface area contributed by atoms with Crippen molar-refractivity contribution in [2.45, 2.75) is 6.61 Å². The van der Waals surface area contributed by atoms with Gasteiger partial charge in [0.05, 0.1) is 11.0 Å². The molecule has 0 fully saturated rings. The van der Waals surface area contributed by atoms with Gasteiger partial charge in [-0.05, 0) is 54.1 Å². The molecule has 5 N–H and O–H groups in total. The summed E-state index contributed by atoms with van der Waals surface area (Å²) in [4.78, 5) is 31.4. The first-order valence-electron chi connectivity index (χ1n) is 9.40. The number of primary amides is 1. The van der Waals surface area contributed by atoms with Gasteiger partial charge in [0.2, 0.25) is 0 Å². The number of amides is 3. The zero-order valence-corrected chi connectivity index (χ0v) is 16.4. The van der Waals surface area contributed by atoms with Crippen molar-refractivity contribution in [1.82, 2.24) is 9.97 Å². The molecular formula is C22H17F2N5O3. The number of nitrogens with zero attached hydrogens (tertiary/aromatic N) is 1. The number of H-pyrrole nitrogens is 1. The third-order valence-electron chi connectivity index (χ3n) is 4.57. The number of carbonyl (C=O) groups excluding carboxylic acids is 2. The Bertz CT molecular complexity index is 1270. The number of pyridine rings is 1. The average molecular weight is 437 g/mol. The van der Waals surface area contributed by atoms with E-state index in [0.29, 0.717) is 33.5 Å². The summed E-state index contributed by atoms with van der Waals surface area (Å²) in [5.74, 6) is -0.617. The van der Waals surface area contributed by atoms with Crippen LogP contribution in [0.3, 0.4) is 0 Å². The van der Waals surface area contributed by atoms with E-state index in [2.05, 4.69) is 25.3 Å². The number of benzene rings is 2. The molecule has 32 heavy (non-hydrogen) atoms. The van der Waals surface area contributed by atoms with Gasteiger partial charge in [-0.25, -0.2) is 4.79 Å². The van der Waals surface area contributed by atoms with Crippen LogP contribution in [0.1, 0.15) is 10.5 Å². The van der Waals surface area contributed by atoms with Crippen LogP contribution in [0.4, 0.5) is 25.0 Å². The van der Waals surface area contributed by atoms with Gasteiger partial charge < -0.3 is 26.1 Å². The van der Waals surface area contributed by atoms with Crippen molar-refractivity contribution in [2.75, 3.05) is 10.6 Å². The van der Waals surface area contributed by atoms with Crippen LogP contribution in [0, 0.1) is 0 Å². The molecule has 0 atom stereocenters. The minimum atomic E-state index is -2.92. The molecule has 4 rings (SSSR count). The predicted molar refractivity (Wildman–Crippen MR) is 116 cm³/mol. The number of rotatable bonds is 6. The minimum absolute atomic E-state index is 0.0105. The van der Waals surface area contributed by atoms with Crippen molar-refractivity contribution in [1.29, 1.82) is 0 Å². The van der Waals surface area contributed by atoms with Crippen LogP contribution in [0.15, 0.2) is 66.9 Å². The third-order valence-corrected chi connectivity index (χ3v) is 4.57. The second-order valence-corrected chi connectivity index (χ2v) is 6.70. The molecule has 0 saturated carbocycles. The van der Waals surface area contributed by atoms with E-state index in [1.54, 1.807) is 42.6 Å². The lowest BCUT2D eigenvalue weighted by Gasteiger charge is -2.10. The van der Waals surface area contributed by atoms with Crippen LogP contribution < -0.4 is 21.1 Å². The topological polar surface area (TPSA) is 122 Å². The van der Waals surface area contributed by atoms with Gasteiger partial charge in [-0.1, -0.05) is 12.1 Å². The van der Waals surface area contributed by atoms with E-state index >= 15 is 0 Å². The summed E-state index contributed by atoms with van der Waals surface area (Å²) < 4.78 is 28.7. The molecule has 0 unspecified atom stereocenters. The van der Waals surface area contributed by atoms with Crippen molar-refractivity contribution in [3.05, 3.63) is 72.6 Å². The number of ether oxygens (including phenoxy) is 1. The maximum absolute atomic E-state index is 12.2. The Morgan fingerprint density at radius 3 is 2.19 bits per heavy atom. The molecule has 8 nitrogen and oxygen atoms in total. The van der Waals surface area contributed by atoms with Crippen molar-refractivity contribution in [3.8, 4) is 16.9 Å². The molecule has 10 heteroatoms.